The van der Waals surface area contributed by atoms with Crippen LogP contribution in [0, 0.1) is 10.1 Å². The molecule has 1 aliphatic rings. The Labute approximate surface area is 116 Å². The number of nitrogens with zero attached hydrogens (tertiary/aromatic N) is 3. The van der Waals surface area contributed by atoms with Gasteiger partial charge in [0.2, 0.25) is 0 Å². The maximum absolute atomic E-state index is 12.4. The van der Waals surface area contributed by atoms with Crippen LogP contribution in [-0.4, -0.2) is 27.1 Å². The first-order valence-corrected chi connectivity index (χ1v) is 6.60. The van der Waals surface area contributed by atoms with Gasteiger partial charge in [-0.15, -0.1) is 11.8 Å². The Morgan fingerprint density at radius 2 is 2.25 bits per heavy atom. The fourth-order valence-electron chi connectivity index (χ4n) is 1.73. The number of hydrogen-bond acceptors (Lipinski definition) is 5. The van der Waals surface area contributed by atoms with Gasteiger partial charge in [0.25, 0.3) is 6.20 Å². The maximum Gasteiger partial charge on any atom is 0.433 e. The molecule has 0 unspecified atom stereocenters. The van der Waals surface area contributed by atoms with Crippen LogP contribution in [0.4, 0.5) is 13.2 Å². The lowest BCUT2D eigenvalue weighted by atomic mass is 10.2. The highest BCUT2D eigenvalue weighted by atomic mass is 32.2. The molecule has 0 bridgehead atoms. The molecule has 1 aromatic rings. The summed E-state index contributed by atoms with van der Waals surface area (Å²) in [5.41, 5.74) is -0.368. The van der Waals surface area contributed by atoms with E-state index in [2.05, 4.69) is 4.98 Å². The molecule has 0 atom stereocenters. The van der Waals surface area contributed by atoms with Gasteiger partial charge in [-0.3, -0.25) is 15.1 Å². The summed E-state index contributed by atoms with van der Waals surface area (Å²) in [5.74, 6) is 0.716. The van der Waals surface area contributed by atoms with E-state index in [0.29, 0.717) is 29.4 Å². The van der Waals surface area contributed by atoms with Gasteiger partial charge < -0.3 is 4.90 Å². The van der Waals surface area contributed by atoms with E-state index in [4.69, 9.17) is 0 Å². The van der Waals surface area contributed by atoms with Gasteiger partial charge in [-0.2, -0.15) is 13.2 Å². The highest BCUT2D eigenvalue weighted by Crippen LogP contribution is 2.30. The van der Waals surface area contributed by atoms with Crippen molar-refractivity contribution in [1.29, 1.82) is 0 Å². The third kappa shape index (κ3) is 3.62. The lowest BCUT2D eigenvalue weighted by Gasteiger charge is -2.17. The highest BCUT2D eigenvalue weighted by Gasteiger charge is 2.32. The molecule has 0 radical (unpaired) electrons. The second-order valence-electron chi connectivity index (χ2n) is 4.07. The van der Waals surface area contributed by atoms with Crippen molar-refractivity contribution in [3.63, 3.8) is 0 Å². The second-order valence-corrected chi connectivity index (χ2v) is 5.19. The van der Waals surface area contributed by atoms with Crippen LogP contribution in [0.25, 0.3) is 0 Å². The number of alkyl halides is 3. The molecule has 0 saturated carbocycles. The molecule has 0 aromatic carbocycles. The molecule has 20 heavy (non-hydrogen) atoms. The molecule has 1 saturated heterocycles. The quantitative estimate of drug-likeness (QED) is 0.635. The lowest BCUT2D eigenvalue weighted by Crippen LogP contribution is -2.18. The number of hydrogen-bond donors (Lipinski definition) is 0. The minimum absolute atomic E-state index is 0.303. The molecule has 1 aromatic heterocycles. The van der Waals surface area contributed by atoms with Crippen molar-refractivity contribution in [3.8, 4) is 0 Å². The van der Waals surface area contributed by atoms with Gasteiger partial charge in [0.15, 0.2) is 0 Å². The maximum atomic E-state index is 12.4. The van der Waals surface area contributed by atoms with E-state index in [-0.39, 0.29) is 0 Å². The zero-order valence-corrected chi connectivity index (χ0v) is 10.9. The molecule has 1 fully saturated rings. The largest absolute Gasteiger partial charge is 0.433 e. The predicted octanol–water partition coefficient (Wildman–Crippen LogP) is 2.72. The van der Waals surface area contributed by atoms with Crippen LogP contribution in [0.5, 0.6) is 0 Å². The summed E-state index contributed by atoms with van der Waals surface area (Å²) >= 11 is 1.35. The van der Waals surface area contributed by atoms with Gasteiger partial charge >= 0.3 is 6.18 Å². The summed E-state index contributed by atoms with van der Waals surface area (Å²) in [5, 5.41) is 11.0. The number of rotatable bonds is 3. The summed E-state index contributed by atoms with van der Waals surface area (Å²) in [4.78, 5) is 15.0. The van der Waals surface area contributed by atoms with Gasteiger partial charge in [-0.1, -0.05) is 6.07 Å². The Balaban J connectivity index is 2.08. The van der Waals surface area contributed by atoms with Crippen molar-refractivity contribution in [2.75, 3.05) is 12.3 Å². The number of halogens is 3. The standard InChI is InChI=1S/C11H10F3N3O2S/c12-11(13,14)9-2-1-8(5-15-9)6-16-3-4-20-10(16)7-17(18)19/h1-2,5,7H,3-4,6H2/b10-7+. The number of pyridine rings is 1. The van der Waals surface area contributed by atoms with Crippen LogP contribution in [0.2, 0.25) is 0 Å². The molecule has 1 aliphatic heterocycles. The van der Waals surface area contributed by atoms with E-state index in [9.17, 15) is 23.3 Å². The lowest BCUT2D eigenvalue weighted by molar-refractivity contribution is -0.403. The van der Waals surface area contributed by atoms with Crippen LogP contribution < -0.4 is 0 Å². The summed E-state index contributed by atoms with van der Waals surface area (Å²) in [6, 6.07) is 2.25. The number of thioether (sulfide) groups is 1. The highest BCUT2D eigenvalue weighted by molar-refractivity contribution is 8.03. The molecule has 2 rings (SSSR count). The molecule has 0 spiro atoms. The van der Waals surface area contributed by atoms with E-state index >= 15 is 0 Å². The van der Waals surface area contributed by atoms with E-state index in [0.717, 1.165) is 18.5 Å². The first-order chi connectivity index (χ1) is 9.36. The molecule has 2 heterocycles. The van der Waals surface area contributed by atoms with Crippen molar-refractivity contribution >= 4 is 11.8 Å². The van der Waals surface area contributed by atoms with Crippen LogP contribution in [-0.2, 0) is 12.7 Å². The topological polar surface area (TPSA) is 59.3 Å². The van der Waals surface area contributed by atoms with Crippen molar-refractivity contribution in [2.45, 2.75) is 12.7 Å². The Morgan fingerprint density at radius 1 is 1.50 bits per heavy atom. The zero-order valence-electron chi connectivity index (χ0n) is 10.1. The van der Waals surface area contributed by atoms with Gasteiger partial charge in [-0.25, -0.2) is 0 Å². The summed E-state index contributed by atoms with van der Waals surface area (Å²) in [7, 11) is 0. The van der Waals surface area contributed by atoms with E-state index in [1.165, 1.54) is 17.8 Å². The van der Waals surface area contributed by atoms with Gasteiger partial charge in [0.1, 0.15) is 10.7 Å². The molecule has 0 amide bonds. The van der Waals surface area contributed by atoms with E-state index in [1.807, 2.05) is 0 Å². The number of nitro groups is 1. The normalized spacial score (nSPS) is 17.8. The monoisotopic (exact) mass is 305 g/mol. The summed E-state index contributed by atoms with van der Waals surface area (Å²) < 4.78 is 37.1. The molecule has 5 nitrogen and oxygen atoms in total. The van der Waals surface area contributed by atoms with E-state index in [1.54, 1.807) is 4.90 Å². The summed E-state index contributed by atoms with van der Waals surface area (Å²) in [6.45, 7) is 0.920. The second kappa shape index (κ2) is 5.70. The Bertz CT molecular complexity index is 531. The van der Waals surface area contributed by atoms with Gasteiger partial charge in [-0.05, 0) is 11.6 Å². The fourth-order valence-corrected chi connectivity index (χ4v) is 2.75. The molecule has 0 N–H and O–H groups in total. The SMILES string of the molecule is O=[N+]([O-])/C=C1/SCCN1Cc1ccc(C(F)(F)F)nc1. The van der Waals surface area contributed by atoms with Crippen LogP contribution in [0.3, 0.4) is 0 Å². The zero-order chi connectivity index (χ0) is 14.8. The van der Waals surface area contributed by atoms with Crippen molar-refractivity contribution < 1.29 is 18.1 Å². The Kier molecular flexibility index (Phi) is 4.17. The van der Waals surface area contributed by atoms with E-state index < -0.39 is 16.8 Å². The Hall–Kier alpha value is -1.77. The smallest absolute Gasteiger partial charge is 0.356 e. The molecule has 108 valence electrons. The fraction of sp³-hybridized carbons (Fsp3) is 0.364. The predicted molar refractivity (Wildman–Crippen MR) is 67.2 cm³/mol. The third-order valence-electron chi connectivity index (χ3n) is 2.63. The van der Waals surface area contributed by atoms with Crippen LogP contribution >= 0.6 is 11.8 Å². The average molecular weight is 305 g/mol. The third-order valence-corrected chi connectivity index (χ3v) is 3.67. The number of aromatic nitrogens is 1. The van der Waals surface area contributed by atoms with Crippen LogP contribution in [0.1, 0.15) is 11.3 Å². The molecular formula is C11H10F3N3O2S. The molecule has 0 aliphatic carbocycles. The van der Waals surface area contributed by atoms with Gasteiger partial charge in [0.05, 0.1) is 4.92 Å². The van der Waals surface area contributed by atoms with Crippen molar-refractivity contribution in [3.05, 3.63) is 50.9 Å². The van der Waals surface area contributed by atoms with Crippen molar-refractivity contribution in [1.82, 2.24) is 9.88 Å². The first-order valence-electron chi connectivity index (χ1n) is 5.61. The molecular weight excluding hydrogens is 295 g/mol. The minimum atomic E-state index is -4.46. The minimum Gasteiger partial charge on any atom is -0.356 e. The van der Waals surface area contributed by atoms with Gasteiger partial charge in [0, 0.05) is 25.0 Å². The first kappa shape index (κ1) is 14.6. The summed E-state index contributed by atoms with van der Waals surface area (Å²) in [6.07, 6.45) is -2.40. The van der Waals surface area contributed by atoms with Crippen LogP contribution in [0.15, 0.2) is 29.6 Å². The van der Waals surface area contributed by atoms with Crippen molar-refractivity contribution in [2.24, 2.45) is 0 Å². The average Bonchev–Trinajstić information content (AvgIpc) is 2.75. The Morgan fingerprint density at radius 3 is 2.80 bits per heavy atom. The molecule has 9 heteroatoms.